The second kappa shape index (κ2) is 10.0. The Morgan fingerprint density at radius 1 is 0.609 bits per heavy atom. The Morgan fingerprint density at radius 3 is 2.22 bits per heavy atom. The van der Waals surface area contributed by atoms with Crippen LogP contribution in [0.5, 0.6) is 0 Å². The molecular formula is C42H32N2O2. The molecule has 0 amide bonds. The van der Waals surface area contributed by atoms with Crippen LogP contribution in [0.1, 0.15) is 21.5 Å². The molecule has 4 unspecified atom stereocenters. The highest BCUT2D eigenvalue weighted by Gasteiger charge is 2.41. The van der Waals surface area contributed by atoms with E-state index in [0.717, 1.165) is 33.4 Å². The average molecular weight is 597 g/mol. The molecule has 4 atom stereocenters. The summed E-state index contributed by atoms with van der Waals surface area (Å²) < 4.78 is 2.12. The minimum atomic E-state index is -0.329. The molecule has 4 aliphatic rings. The number of allylic oxidation sites excluding steroid dienone is 10. The molecule has 4 nitrogen and oxygen atoms in total. The molecule has 222 valence electrons. The molecule has 0 N–H and O–H groups in total. The molecular weight excluding hydrogens is 564 g/mol. The number of anilines is 1. The number of fused-ring (bicyclic) bond motifs is 6. The predicted octanol–water partition coefficient (Wildman–Crippen LogP) is 8.43. The van der Waals surface area contributed by atoms with Gasteiger partial charge in [0.2, 0.25) is 0 Å². The van der Waals surface area contributed by atoms with E-state index < -0.39 is 0 Å². The number of aryl methyl sites for hydroxylation is 1. The average Bonchev–Trinajstić information content (AvgIpc) is 3.11. The van der Waals surface area contributed by atoms with E-state index in [9.17, 15) is 9.59 Å². The van der Waals surface area contributed by atoms with Crippen molar-refractivity contribution < 1.29 is 4.79 Å². The van der Waals surface area contributed by atoms with Crippen molar-refractivity contribution in [3.8, 4) is 0 Å². The number of pyridine rings is 1. The third kappa shape index (κ3) is 3.73. The maximum Gasteiger partial charge on any atom is 0.197 e. The molecule has 0 bridgehead atoms. The number of hydrogen-bond donors (Lipinski definition) is 0. The molecule has 1 aromatic heterocycles. The number of likely N-dealkylation sites (N-methyl/N-ethyl adjacent to an activating group) is 1. The molecule has 4 aromatic carbocycles. The van der Waals surface area contributed by atoms with E-state index in [1.165, 1.54) is 16.3 Å². The van der Waals surface area contributed by atoms with Crippen LogP contribution in [0.15, 0.2) is 138 Å². The van der Waals surface area contributed by atoms with Crippen LogP contribution in [-0.4, -0.2) is 23.4 Å². The summed E-state index contributed by atoms with van der Waals surface area (Å²) in [6, 6.07) is 24.5. The fourth-order valence-electron chi connectivity index (χ4n) is 8.31. The normalized spacial score (nSPS) is 23.0. The summed E-state index contributed by atoms with van der Waals surface area (Å²) in [6.45, 7) is 0. The molecule has 9 rings (SSSR count). The highest BCUT2D eigenvalue weighted by molar-refractivity contribution is 6.13. The Hall–Kier alpha value is -5.48. The summed E-state index contributed by atoms with van der Waals surface area (Å²) >= 11 is 0. The third-order valence-electron chi connectivity index (χ3n) is 10.5. The van der Waals surface area contributed by atoms with E-state index in [2.05, 4.69) is 114 Å². The van der Waals surface area contributed by atoms with Gasteiger partial charge in [0.05, 0.1) is 23.0 Å². The van der Waals surface area contributed by atoms with Gasteiger partial charge in [0.15, 0.2) is 11.2 Å². The quantitative estimate of drug-likeness (QED) is 0.192. The molecule has 0 radical (unpaired) electrons. The van der Waals surface area contributed by atoms with E-state index in [4.69, 9.17) is 0 Å². The van der Waals surface area contributed by atoms with E-state index in [0.29, 0.717) is 22.3 Å². The number of carbonyl (C=O) groups is 1. The van der Waals surface area contributed by atoms with Crippen LogP contribution < -0.4 is 10.3 Å². The lowest BCUT2D eigenvalue weighted by Gasteiger charge is -2.42. The van der Waals surface area contributed by atoms with Crippen molar-refractivity contribution in [2.24, 2.45) is 24.8 Å². The first-order valence-corrected chi connectivity index (χ1v) is 16.0. The minimum absolute atomic E-state index is 0.00772. The van der Waals surface area contributed by atoms with Gasteiger partial charge >= 0.3 is 0 Å². The van der Waals surface area contributed by atoms with Gasteiger partial charge in [-0.15, -0.1) is 0 Å². The highest BCUT2D eigenvalue weighted by atomic mass is 16.1. The first kappa shape index (κ1) is 26.9. The van der Waals surface area contributed by atoms with Crippen LogP contribution in [0.4, 0.5) is 5.69 Å². The van der Waals surface area contributed by atoms with E-state index in [1.807, 2.05) is 43.5 Å². The predicted molar refractivity (Wildman–Crippen MR) is 190 cm³/mol. The van der Waals surface area contributed by atoms with Gasteiger partial charge in [-0.1, -0.05) is 115 Å². The first-order chi connectivity index (χ1) is 22.5. The molecule has 0 saturated carbocycles. The number of hydrogen-bond acceptors (Lipinski definition) is 3. The Labute approximate surface area is 267 Å². The van der Waals surface area contributed by atoms with Crippen molar-refractivity contribution in [1.82, 2.24) is 4.57 Å². The summed E-state index contributed by atoms with van der Waals surface area (Å²) in [5.74, 6) is 0.264. The second-order valence-corrected chi connectivity index (χ2v) is 12.8. The maximum atomic E-state index is 14.4. The lowest BCUT2D eigenvalue weighted by atomic mass is 9.75. The monoisotopic (exact) mass is 596 g/mol. The van der Waals surface area contributed by atoms with E-state index >= 15 is 0 Å². The van der Waals surface area contributed by atoms with Gasteiger partial charge in [-0.05, 0) is 45.7 Å². The highest BCUT2D eigenvalue weighted by Crippen LogP contribution is 2.45. The topological polar surface area (TPSA) is 42.3 Å². The van der Waals surface area contributed by atoms with Crippen LogP contribution in [0.2, 0.25) is 0 Å². The zero-order valence-corrected chi connectivity index (χ0v) is 25.7. The lowest BCUT2D eigenvalue weighted by molar-refractivity contribution is 0.0931. The number of carbonyl (C=O) groups excluding carboxylic acids is 1. The molecule has 0 saturated heterocycles. The number of nitrogens with zero attached hydrogens (tertiary/aromatic N) is 2. The third-order valence-corrected chi connectivity index (χ3v) is 10.5. The summed E-state index contributed by atoms with van der Waals surface area (Å²) in [5.41, 5.74) is 7.63. The molecule has 46 heavy (non-hydrogen) atoms. The van der Waals surface area contributed by atoms with E-state index in [1.54, 1.807) is 0 Å². The second-order valence-electron chi connectivity index (χ2n) is 12.8. The van der Waals surface area contributed by atoms with Crippen molar-refractivity contribution in [1.29, 1.82) is 0 Å². The number of aromatic nitrogens is 1. The number of ketones is 1. The van der Waals surface area contributed by atoms with Gasteiger partial charge in [-0.3, -0.25) is 9.59 Å². The summed E-state index contributed by atoms with van der Waals surface area (Å²) in [5, 5.41) is 3.65. The molecule has 1 aliphatic heterocycles. The molecule has 4 heteroatoms. The first-order valence-electron chi connectivity index (χ1n) is 16.0. The standard InChI is InChI=1S/C42H32N2O2/c1-43-37-23-36-38(44(2)40-32(20-10-22-34(40)42(36)46)30-18-8-14-26-12-4-6-16-28(26)30)24-35(37)41(45)33-21-9-19-31(39(33)43)29-17-7-13-25-11-3-5-15-27(25)29/h3-25,27,34,40H,1-2H3. The van der Waals surface area contributed by atoms with Crippen LogP contribution in [-0.2, 0) is 7.05 Å². The molecule has 0 spiro atoms. The zero-order chi connectivity index (χ0) is 31.1. The fraction of sp³-hybridized carbons (Fsp3) is 0.143. The largest absolute Gasteiger partial charge is 0.366 e. The maximum absolute atomic E-state index is 14.4. The molecule has 3 aliphatic carbocycles. The smallest absolute Gasteiger partial charge is 0.197 e. The Morgan fingerprint density at radius 2 is 1.30 bits per heavy atom. The minimum Gasteiger partial charge on any atom is -0.366 e. The number of rotatable bonds is 2. The number of Topliss-reactive ketones (excluding diaryl/α,β-unsaturated/α-hetero) is 1. The molecule has 5 aromatic rings. The molecule has 0 fully saturated rings. The zero-order valence-electron chi connectivity index (χ0n) is 25.7. The molecule has 2 heterocycles. The summed E-state index contributed by atoms with van der Waals surface area (Å²) in [7, 11) is 4.08. The van der Waals surface area contributed by atoms with Crippen molar-refractivity contribution >= 4 is 55.2 Å². The Bertz CT molecular complexity index is 2410. The lowest BCUT2D eigenvalue weighted by Crippen LogP contribution is -2.47. The number of para-hydroxylation sites is 1. The van der Waals surface area contributed by atoms with Crippen LogP contribution in [0, 0.1) is 17.8 Å². The van der Waals surface area contributed by atoms with Crippen LogP contribution >= 0.6 is 0 Å². The Kier molecular flexibility index (Phi) is 5.85. The number of benzene rings is 4. The summed E-state index contributed by atoms with van der Waals surface area (Å²) in [6.07, 6.45) is 21.4. The van der Waals surface area contributed by atoms with E-state index in [-0.39, 0.29) is 29.1 Å². The van der Waals surface area contributed by atoms with Crippen LogP contribution in [0.3, 0.4) is 0 Å². The van der Waals surface area contributed by atoms with Gasteiger partial charge in [0, 0.05) is 53.5 Å². The Balaban J connectivity index is 1.23. The van der Waals surface area contributed by atoms with Gasteiger partial charge in [0.1, 0.15) is 0 Å². The van der Waals surface area contributed by atoms with Gasteiger partial charge in [0.25, 0.3) is 0 Å². The fourth-order valence-corrected chi connectivity index (χ4v) is 8.31. The van der Waals surface area contributed by atoms with Crippen molar-refractivity contribution in [3.05, 3.63) is 160 Å². The van der Waals surface area contributed by atoms with Gasteiger partial charge < -0.3 is 9.47 Å². The van der Waals surface area contributed by atoms with Gasteiger partial charge in [-0.2, -0.15) is 0 Å². The van der Waals surface area contributed by atoms with Crippen LogP contribution in [0.25, 0.3) is 43.7 Å². The van der Waals surface area contributed by atoms with Crippen molar-refractivity contribution in [3.63, 3.8) is 0 Å². The SMILES string of the molecule is CN1c2cc3c(=O)c4cccc(C5=CC=CC6C=CC=CC56)c4n(C)c3cc2C(=O)C2C=CC=C(c3cccc4ccccc34)C21. The summed E-state index contributed by atoms with van der Waals surface area (Å²) in [4.78, 5) is 30.9. The van der Waals surface area contributed by atoms with Crippen molar-refractivity contribution in [2.75, 3.05) is 11.9 Å². The van der Waals surface area contributed by atoms with Gasteiger partial charge in [-0.25, -0.2) is 0 Å². The van der Waals surface area contributed by atoms with Crippen molar-refractivity contribution in [2.45, 2.75) is 6.04 Å².